The van der Waals surface area contributed by atoms with E-state index in [1.807, 2.05) is 23.9 Å². The summed E-state index contributed by atoms with van der Waals surface area (Å²) >= 11 is 8.15. The molecule has 2 nitrogen and oxygen atoms in total. The first-order valence-electron chi connectivity index (χ1n) is 7.69. The first-order chi connectivity index (χ1) is 10.3. The molecule has 0 N–H and O–H groups in total. The molecule has 0 saturated heterocycles. The van der Waals surface area contributed by atoms with E-state index in [0.29, 0.717) is 11.4 Å². The number of benzene rings is 1. The summed E-state index contributed by atoms with van der Waals surface area (Å²) in [6, 6.07) is 5.91. The zero-order valence-electron chi connectivity index (χ0n) is 13.0. The Morgan fingerprint density at radius 3 is 2.82 bits per heavy atom. The molecule has 4 heteroatoms. The Hall–Kier alpha value is -0.930. The van der Waals surface area contributed by atoms with Gasteiger partial charge in [-0.05, 0) is 29.7 Å². The van der Waals surface area contributed by atoms with Crippen LogP contribution >= 0.6 is 23.4 Å². The molecule has 22 heavy (non-hydrogen) atoms. The SMILES string of the molecule is CC1(C)CC(=O)C2=C(C1)SC[C@@H]1c3cccc(Cl)c3O[C@]21C. The fourth-order valence-corrected chi connectivity index (χ4v) is 6.13. The Bertz CT molecular complexity index is 722. The van der Waals surface area contributed by atoms with E-state index < -0.39 is 5.60 Å². The minimum absolute atomic E-state index is 0.0508. The highest BCUT2D eigenvalue weighted by atomic mass is 35.5. The summed E-state index contributed by atoms with van der Waals surface area (Å²) in [5, 5.41) is 0.642. The van der Waals surface area contributed by atoms with Crippen molar-refractivity contribution in [3.8, 4) is 5.75 Å². The van der Waals surface area contributed by atoms with E-state index in [-0.39, 0.29) is 17.1 Å². The Labute approximate surface area is 140 Å². The highest BCUT2D eigenvalue weighted by Crippen LogP contribution is 2.59. The molecule has 2 aliphatic heterocycles. The summed E-state index contributed by atoms with van der Waals surface area (Å²) in [4.78, 5) is 14.1. The van der Waals surface area contributed by atoms with Crippen LogP contribution in [0.4, 0.5) is 0 Å². The van der Waals surface area contributed by atoms with Crippen molar-refractivity contribution in [3.05, 3.63) is 39.3 Å². The van der Waals surface area contributed by atoms with Crippen LogP contribution in [0, 0.1) is 5.41 Å². The first kappa shape index (κ1) is 14.6. The van der Waals surface area contributed by atoms with Crippen molar-refractivity contribution in [1.82, 2.24) is 0 Å². The van der Waals surface area contributed by atoms with Crippen LogP contribution < -0.4 is 4.74 Å². The summed E-state index contributed by atoms with van der Waals surface area (Å²) in [6.45, 7) is 6.41. The molecule has 1 aliphatic carbocycles. The Morgan fingerprint density at radius 1 is 1.27 bits per heavy atom. The number of ether oxygens (including phenoxy) is 1. The molecular formula is C18H19ClO2S. The molecule has 0 unspecified atom stereocenters. The molecule has 2 atom stereocenters. The minimum atomic E-state index is -0.554. The lowest BCUT2D eigenvalue weighted by molar-refractivity contribution is -0.119. The highest BCUT2D eigenvalue weighted by Gasteiger charge is 2.55. The van der Waals surface area contributed by atoms with Gasteiger partial charge >= 0.3 is 0 Å². The van der Waals surface area contributed by atoms with Crippen molar-refractivity contribution < 1.29 is 9.53 Å². The van der Waals surface area contributed by atoms with Gasteiger partial charge in [-0.1, -0.05) is 37.6 Å². The van der Waals surface area contributed by atoms with E-state index in [2.05, 4.69) is 26.8 Å². The van der Waals surface area contributed by atoms with Crippen molar-refractivity contribution >= 4 is 29.1 Å². The van der Waals surface area contributed by atoms with Gasteiger partial charge in [0.15, 0.2) is 5.78 Å². The Morgan fingerprint density at radius 2 is 2.05 bits per heavy atom. The van der Waals surface area contributed by atoms with Crippen molar-refractivity contribution in [1.29, 1.82) is 0 Å². The molecule has 2 heterocycles. The second-order valence-corrected chi connectivity index (χ2v) is 8.99. The average Bonchev–Trinajstić information content (AvgIpc) is 2.70. The van der Waals surface area contributed by atoms with Crippen LogP contribution in [0.2, 0.25) is 5.02 Å². The molecule has 0 aromatic heterocycles. The third kappa shape index (κ3) is 1.91. The number of ketones is 1. The molecule has 1 aromatic rings. The van der Waals surface area contributed by atoms with Crippen LogP contribution in [0.5, 0.6) is 5.75 Å². The van der Waals surface area contributed by atoms with Gasteiger partial charge < -0.3 is 4.74 Å². The molecule has 0 fully saturated rings. The van der Waals surface area contributed by atoms with Gasteiger partial charge in [-0.3, -0.25) is 4.79 Å². The number of para-hydroxylation sites is 1. The lowest BCUT2D eigenvalue weighted by atomic mass is 9.70. The topological polar surface area (TPSA) is 26.3 Å². The summed E-state index contributed by atoms with van der Waals surface area (Å²) in [5.41, 5.74) is 1.54. The summed E-state index contributed by atoms with van der Waals surface area (Å²) in [6.07, 6.45) is 1.57. The number of hydrogen-bond acceptors (Lipinski definition) is 3. The second-order valence-electron chi connectivity index (χ2n) is 7.47. The number of halogens is 1. The Kier molecular flexibility index (Phi) is 3.03. The zero-order valence-corrected chi connectivity index (χ0v) is 14.6. The lowest BCUT2D eigenvalue weighted by Crippen LogP contribution is -2.46. The standard InChI is InChI=1S/C18H19ClO2S/c1-17(2)7-13(20)15-14(8-17)22-9-11-10-5-4-6-12(19)16(10)21-18(11,15)3/h4-6,11H,7-9H2,1-3H3/t11-,18+/m1/s1. The van der Waals surface area contributed by atoms with Gasteiger partial charge in [-0.25, -0.2) is 0 Å². The van der Waals surface area contributed by atoms with E-state index in [9.17, 15) is 4.79 Å². The normalized spacial score (nSPS) is 32.2. The molecule has 0 radical (unpaired) electrons. The predicted molar refractivity (Wildman–Crippen MR) is 90.7 cm³/mol. The first-order valence-corrected chi connectivity index (χ1v) is 9.05. The predicted octanol–water partition coefficient (Wildman–Crippen LogP) is 4.96. The summed E-state index contributed by atoms with van der Waals surface area (Å²) in [7, 11) is 0. The summed E-state index contributed by atoms with van der Waals surface area (Å²) in [5.74, 6) is 2.17. The highest BCUT2D eigenvalue weighted by molar-refractivity contribution is 8.03. The van der Waals surface area contributed by atoms with Gasteiger partial charge in [-0.2, -0.15) is 0 Å². The number of carbonyl (C=O) groups excluding carboxylic acids is 1. The van der Waals surface area contributed by atoms with Crippen LogP contribution in [0.15, 0.2) is 28.7 Å². The van der Waals surface area contributed by atoms with Crippen LogP contribution in [-0.4, -0.2) is 17.1 Å². The maximum atomic E-state index is 12.8. The number of hydrogen-bond donors (Lipinski definition) is 0. The molecular weight excluding hydrogens is 316 g/mol. The maximum Gasteiger partial charge on any atom is 0.164 e. The average molecular weight is 335 g/mol. The molecule has 0 spiro atoms. The van der Waals surface area contributed by atoms with Gasteiger partial charge in [0.05, 0.1) is 5.02 Å². The van der Waals surface area contributed by atoms with Crippen molar-refractivity contribution in [2.75, 3.05) is 5.75 Å². The zero-order chi connectivity index (χ0) is 15.7. The molecule has 4 rings (SSSR count). The molecule has 0 bridgehead atoms. The van der Waals surface area contributed by atoms with E-state index in [1.54, 1.807) is 0 Å². The van der Waals surface area contributed by atoms with Crippen LogP contribution in [-0.2, 0) is 4.79 Å². The lowest BCUT2D eigenvalue weighted by Gasteiger charge is -2.43. The van der Waals surface area contributed by atoms with Crippen molar-refractivity contribution in [2.45, 2.75) is 45.1 Å². The molecule has 3 aliphatic rings. The monoisotopic (exact) mass is 334 g/mol. The fourth-order valence-electron chi connectivity index (χ4n) is 4.09. The van der Waals surface area contributed by atoms with Crippen LogP contribution in [0.25, 0.3) is 0 Å². The van der Waals surface area contributed by atoms with Gasteiger partial charge in [0.25, 0.3) is 0 Å². The molecule has 1 aromatic carbocycles. The Balaban J connectivity index is 1.86. The molecule has 116 valence electrons. The molecule has 0 amide bonds. The fraction of sp³-hybridized carbons (Fsp3) is 0.500. The van der Waals surface area contributed by atoms with Gasteiger partial charge in [0.2, 0.25) is 0 Å². The van der Waals surface area contributed by atoms with Crippen molar-refractivity contribution in [3.63, 3.8) is 0 Å². The van der Waals surface area contributed by atoms with Crippen LogP contribution in [0.3, 0.4) is 0 Å². The number of fused-ring (bicyclic) bond motifs is 4. The number of Topliss-reactive ketones (excluding diaryl/α,β-unsaturated/α-hetero) is 1. The minimum Gasteiger partial charge on any atom is -0.480 e. The molecule has 0 saturated carbocycles. The quantitative estimate of drug-likeness (QED) is 0.670. The maximum absolute atomic E-state index is 12.8. The van der Waals surface area contributed by atoms with Gasteiger partial charge in [0, 0.05) is 29.2 Å². The van der Waals surface area contributed by atoms with E-state index >= 15 is 0 Å². The van der Waals surface area contributed by atoms with Crippen LogP contribution in [0.1, 0.15) is 45.1 Å². The largest absolute Gasteiger partial charge is 0.480 e. The van der Waals surface area contributed by atoms with Crippen molar-refractivity contribution in [2.24, 2.45) is 5.41 Å². The third-order valence-electron chi connectivity index (χ3n) is 5.11. The number of allylic oxidation sites excluding steroid dienone is 1. The smallest absolute Gasteiger partial charge is 0.164 e. The van der Waals surface area contributed by atoms with E-state index in [1.165, 1.54) is 4.91 Å². The van der Waals surface area contributed by atoms with E-state index in [4.69, 9.17) is 16.3 Å². The number of carbonyl (C=O) groups is 1. The third-order valence-corrected chi connectivity index (χ3v) is 6.60. The number of thioether (sulfide) groups is 1. The van der Waals surface area contributed by atoms with Gasteiger partial charge in [0.1, 0.15) is 11.4 Å². The van der Waals surface area contributed by atoms with Gasteiger partial charge in [-0.15, -0.1) is 11.8 Å². The summed E-state index contributed by atoms with van der Waals surface area (Å²) < 4.78 is 6.31. The second kappa shape index (κ2) is 4.55. The van der Waals surface area contributed by atoms with E-state index in [0.717, 1.165) is 29.1 Å². The number of rotatable bonds is 0.